The molecule has 0 aromatic heterocycles. The zero-order valence-corrected chi connectivity index (χ0v) is 17.2. The first kappa shape index (κ1) is 22.5. The van der Waals surface area contributed by atoms with E-state index in [-0.39, 0.29) is 30.1 Å². The number of ether oxygens (including phenoxy) is 1. The fourth-order valence-corrected chi connectivity index (χ4v) is 3.81. The molecule has 7 heteroatoms. The van der Waals surface area contributed by atoms with Gasteiger partial charge in [0.15, 0.2) is 0 Å². The van der Waals surface area contributed by atoms with Crippen LogP contribution in [0.1, 0.15) is 32.1 Å². The highest BCUT2D eigenvalue weighted by atomic mass is 35.5. The minimum absolute atomic E-state index is 0. The predicted octanol–water partition coefficient (Wildman–Crippen LogP) is 2.23. The number of para-hydroxylation sites is 1. The summed E-state index contributed by atoms with van der Waals surface area (Å²) >= 11 is 0. The molecule has 2 N–H and O–H groups in total. The van der Waals surface area contributed by atoms with Crippen LogP contribution in [-0.4, -0.2) is 56.0 Å². The highest BCUT2D eigenvalue weighted by Gasteiger charge is 2.27. The first-order valence-electron chi connectivity index (χ1n) is 10.2. The number of hydrogen-bond acceptors (Lipinski definition) is 4. The van der Waals surface area contributed by atoms with E-state index in [1.54, 1.807) is 0 Å². The number of benzene rings is 1. The summed E-state index contributed by atoms with van der Waals surface area (Å²) in [5.74, 6) is 1.63. The minimum atomic E-state index is 0. The third-order valence-electron chi connectivity index (χ3n) is 5.51. The fourth-order valence-electron chi connectivity index (χ4n) is 3.81. The molecule has 0 saturated carbocycles. The van der Waals surface area contributed by atoms with E-state index in [0.29, 0.717) is 32.0 Å². The molecule has 2 aliphatic rings. The molecule has 2 aliphatic heterocycles. The van der Waals surface area contributed by atoms with Crippen LogP contribution in [0.15, 0.2) is 30.3 Å². The van der Waals surface area contributed by atoms with E-state index in [1.807, 2.05) is 35.2 Å². The average molecular weight is 410 g/mol. The van der Waals surface area contributed by atoms with E-state index in [9.17, 15) is 9.59 Å². The topological polar surface area (TPSA) is 70.7 Å². The Hall–Kier alpha value is -1.79. The van der Waals surface area contributed by atoms with Crippen LogP contribution in [0, 0.1) is 11.8 Å². The van der Waals surface area contributed by atoms with Gasteiger partial charge in [0.2, 0.25) is 11.8 Å². The lowest BCUT2D eigenvalue weighted by molar-refractivity contribution is -0.136. The van der Waals surface area contributed by atoms with Gasteiger partial charge in [-0.25, -0.2) is 0 Å². The Kier molecular flexibility index (Phi) is 9.58. The molecule has 2 saturated heterocycles. The minimum Gasteiger partial charge on any atom is -0.493 e. The highest BCUT2D eigenvalue weighted by Crippen LogP contribution is 2.19. The van der Waals surface area contributed by atoms with Crippen LogP contribution in [0.3, 0.4) is 0 Å². The molecule has 0 radical (unpaired) electrons. The first-order chi connectivity index (χ1) is 13.2. The average Bonchev–Trinajstić information content (AvgIpc) is 2.73. The lowest BCUT2D eigenvalue weighted by Gasteiger charge is -2.32. The van der Waals surface area contributed by atoms with Crippen LogP contribution in [-0.2, 0) is 9.59 Å². The zero-order valence-electron chi connectivity index (χ0n) is 16.4. The Labute approximate surface area is 173 Å². The lowest BCUT2D eigenvalue weighted by atomic mass is 9.94. The first-order valence-corrected chi connectivity index (χ1v) is 10.2. The molecule has 1 atom stereocenters. The number of hydrogen-bond donors (Lipinski definition) is 2. The van der Waals surface area contributed by atoms with Crippen molar-refractivity contribution >= 4 is 24.2 Å². The monoisotopic (exact) mass is 409 g/mol. The SMILES string of the molecule is Cl.O=C(NCC1CCCNC1)C1CCN(C(=O)CCOc2ccccc2)CC1. The summed E-state index contributed by atoms with van der Waals surface area (Å²) in [6, 6.07) is 9.54. The number of carbonyl (C=O) groups excluding carboxylic acids is 2. The summed E-state index contributed by atoms with van der Waals surface area (Å²) in [5, 5.41) is 6.49. The lowest BCUT2D eigenvalue weighted by Crippen LogP contribution is -2.45. The standard InChI is InChI=1S/C21H31N3O3.ClH/c25-20(10-14-27-19-6-2-1-3-7-19)24-12-8-18(9-13-24)21(26)23-16-17-5-4-11-22-15-17;/h1-3,6-7,17-18,22H,4-5,8-16H2,(H,23,26);1H. The van der Waals surface area contributed by atoms with Crippen molar-refractivity contribution in [2.24, 2.45) is 11.8 Å². The van der Waals surface area contributed by atoms with Crippen molar-refractivity contribution < 1.29 is 14.3 Å². The van der Waals surface area contributed by atoms with Crippen LogP contribution in [0.5, 0.6) is 5.75 Å². The van der Waals surface area contributed by atoms with Gasteiger partial charge in [0.1, 0.15) is 5.75 Å². The largest absolute Gasteiger partial charge is 0.493 e. The molecule has 0 bridgehead atoms. The normalized spacial score (nSPS) is 20.1. The quantitative estimate of drug-likeness (QED) is 0.724. The van der Waals surface area contributed by atoms with Gasteiger partial charge in [0, 0.05) is 25.6 Å². The van der Waals surface area contributed by atoms with Gasteiger partial charge < -0.3 is 20.3 Å². The van der Waals surface area contributed by atoms with Crippen molar-refractivity contribution in [3.8, 4) is 5.75 Å². The zero-order chi connectivity index (χ0) is 18.9. The Morgan fingerprint density at radius 2 is 1.89 bits per heavy atom. The molecule has 1 unspecified atom stereocenters. The molecule has 1 aromatic rings. The summed E-state index contributed by atoms with van der Waals surface area (Å²) in [4.78, 5) is 26.6. The van der Waals surface area contributed by atoms with Gasteiger partial charge in [-0.05, 0) is 56.8 Å². The van der Waals surface area contributed by atoms with Crippen molar-refractivity contribution in [3.05, 3.63) is 30.3 Å². The van der Waals surface area contributed by atoms with Crippen LogP contribution in [0.25, 0.3) is 0 Å². The molecular weight excluding hydrogens is 378 g/mol. The summed E-state index contributed by atoms with van der Waals surface area (Å²) in [6.07, 6.45) is 4.25. The molecule has 2 fully saturated rings. The maximum absolute atomic E-state index is 12.4. The van der Waals surface area contributed by atoms with Crippen molar-refractivity contribution in [3.63, 3.8) is 0 Å². The van der Waals surface area contributed by atoms with Gasteiger partial charge in [-0.1, -0.05) is 18.2 Å². The third-order valence-corrected chi connectivity index (χ3v) is 5.51. The van der Waals surface area contributed by atoms with Gasteiger partial charge in [-0.3, -0.25) is 9.59 Å². The van der Waals surface area contributed by atoms with Gasteiger partial charge in [-0.15, -0.1) is 12.4 Å². The Morgan fingerprint density at radius 1 is 1.14 bits per heavy atom. The fraction of sp³-hybridized carbons (Fsp3) is 0.619. The molecule has 2 heterocycles. The van der Waals surface area contributed by atoms with Gasteiger partial charge in [0.25, 0.3) is 0 Å². The number of nitrogens with zero attached hydrogens (tertiary/aromatic N) is 1. The van der Waals surface area contributed by atoms with Crippen molar-refractivity contribution in [2.45, 2.75) is 32.1 Å². The van der Waals surface area contributed by atoms with Crippen LogP contribution < -0.4 is 15.4 Å². The maximum atomic E-state index is 12.4. The van der Waals surface area contributed by atoms with E-state index in [2.05, 4.69) is 10.6 Å². The number of amides is 2. The van der Waals surface area contributed by atoms with E-state index in [4.69, 9.17) is 4.74 Å². The second-order valence-electron chi connectivity index (χ2n) is 7.52. The smallest absolute Gasteiger partial charge is 0.225 e. The molecule has 156 valence electrons. The van der Waals surface area contributed by atoms with Crippen LogP contribution in [0.4, 0.5) is 0 Å². The van der Waals surface area contributed by atoms with Crippen molar-refractivity contribution in [1.29, 1.82) is 0 Å². The molecule has 0 spiro atoms. The van der Waals surface area contributed by atoms with E-state index in [0.717, 1.165) is 38.2 Å². The third kappa shape index (κ3) is 6.99. The Balaban J connectivity index is 0.00000280. The number of piperidine rings is 2. The van der Waals surface area contributed by atoms with Gasteiger partial charge >= 0.3 is 0 Å². The van der Waals surface area contributed by atoms with Crippen LogP contribution in [0.2, 0.25) is 0 Å². The number of nitrogens with one attached hydrogen (secondary N) is 2. The summed E-state index contributed by atoms with van der Waals surface area (Å²) in [6.45, 7) is 4.56. The van der Waals surface area contributed by atoms with E-state index < -0.39 is 0 Å². The Morgan fingerprint density at radius 3 is 2.57 bits per heavy atom. The second-order valence-corrected chi connectivity index (χ2v) is 7.52. The highest BCUT2D eigenvalue weighted by molar-refractivity contribution is 5.85. The molecule has 28 heavy (non-hydrogen) atoms. The van der Waals surface area contributed by atoms with E-state index >= 15 is 0 Å². The van der Waals surface area contributed by atoms with E-state index in [1.165, 1.54) is 12.8 Å². The predicted molar refractivity (Wildman–Crippen MR) is 112 cm³/mol. The number of carbonyl (C=O) groups is 2. The van der Waals surface area contributed by atoms with Crippen LogP contribution >= 0.6 is 12.4 Å². The second kappa shape index (κ2) is 11.9. The molecular formula is C21H32ClN3O3. The maximum Gasteiger partial charge on any atom is 0.225 e. The molecule has 1 aromatic carbocycles. The van der Waals surface area contributed by atoms with Crippen molar-refractivity contribution in [1.82, 2.24) is 15.5 Å². The van der Waals surface area contributed by atoms with Gasteiger partial charge in [0.05, 0.1) is 13.0 Å². The van der Waals surface area contributed by atoms with Crippen molar-refractivity contribution in [2.75, 3.05) is 39.3 Å². The molecule has 3 rings (SSSR count). The number of rotatable bonds is 7. The number of likely N-dealkylation sites (tertiary alicyclic amines) is 1. The summed E-state index contributed by atoms with van der Waals surface area (Å²) in [7, 11) is 0. The molecule has 6 nitrogen and oxygen atoms in total. The molecule has 0 aliphatic carbocycles. The summed E-state index contributed by atoms with van der Waals surface area (Å²) in [5.41, 5.74) is 0. The number of halogens is 1. The molecule has 2 amide bonds. The van der Waals surface area contributed by atoms with Gasteiger partial charge in [-0.2, -0.15) is 0 Å². The Bertz CT molecular complexity index is 600. The summed E-state index contributed by atoms with van der Waals surface area (Å²) < 4.78 is 5.60.